The third kappa shape index (κ3) is 4.40. The van der Waals surface area contributed by atoms with Crippen molar-refractivity contribution in [3.05, 3.63) is 58.3 Å². The van der Waals surface area contributed by atoms with E-state index in [2.05, 4.69) is 64.4 Å². The Morgan fingerprint density at radius 2 is 2.00 bits per heavy atom. The molecule has 3 heteroatoms. The number of likely N-dealkylation sites (tertiary alicyclic amines) is 1. The van der Waals surface area contributed by atoms with Crippen molar-refractivity contribution in [2.24, 2.45) is 5.92 Å². The molecule has 0 aliphatic carbocycles. The molecule has 0 bridgehead atoms. The van der Waals surface area contributed by atoms with Gasteiger partial charge in [-0.1, -0.05) is 30.3 Å². The van der Waals surface area contributed by atoms with Gasteiger partial charge >= 0.3 is 0 Å². The Balaban J connectivity index is 1.53. The summed E-state index contributed by atoms with van der Waals surface area (Å²) in [4.78, 5) is 2.48. The normalized spacial score (nSPS) is 23.3. The average molecular weight is 300 g/mol. The van der Waals surface area contributed by atoms with Crippen molar-refractivity contribution >= 4 is 11.3 Å². The predicted molar refractivity (Wildman–Crippen MR) is 90.7 cm³/mol. The van der Waals surface area contributed by atoms with Gasteiger partial charge in [-0.2, -0.15) is 11.3 Å². The number of hydrogen-bond donors (Lipinski definition) is 1. The Kier molecular flexibility index (Phi) is 5.07. The summed E-state index contributed by atoms with van der Waals surface area (Å²) in [6.07, 6.45) is 2.50. The summed E-state index contributed by atoms with van der Waals surface area (Å²) in [5.74, 6) is 0.770. The second kappa shape index (κ2) is 7.21. The van der Waals surface area contributed by atoms with E-state index in [0.717, 1.165) is 19.0 Å². The summed E-state index contributed by atoms with van der Waals surface area (Å²) in [6.45, 7) is 3.36. The summed E-state index contributed by atoms with van der Waals surface area (Å²) in [5.41, 5.74) is 2.88. The van der Waals surface area contributed by atoms with E-state index in [1.165, 1.54) is 30.5 Å². The van der Waals surface area contributed by atoms with Crippen LogP contribution in [0.2, 0.25) is 0 Å². The van der Waals surface area contributed by atoms with E-state index in [9.17, 15) is 0 Å². The number of thiophene rings is 1. The minimum Gasteiger partial charge on any atom is -0.309 e. The van der Waals surface area contributed by atoms with E-state index in [1.807, 2.05) is 11.3 Å². The minimum absolute atomic E-state index is 0.604. The van der Waals surface area contributed by atoms with Gasteiger partial charge in [0.2, 0.25) is 0 Å². The van der Waals surface area contributed by atoms with Gasteiger partial charge in [0.25, 0.3) is 0 Å². The standard InChI is InChI=1S/C18H24N2S/c1-20-12-17(9-16-7-8-21-14-16)10-18(13-20)19-11-15-5-3-2-4-6-15/h2-8,14,17-19H,9-13H2,1H3. The highest BCUT2D eigenvalue weighted by molar-refractivity contribution is 7.07. The first-order valence-corrected chi connectivity index (χ1v) is 8.71. The Hall–Kier alpha value is -1.16. The van der Waals surface area contributed by atoms with Crippen LogP contribution in [0.15, 0.2) is 47.2 Å². The van der Waals surface area contributed by atoms with Gasteiger partial charge in [0.1, 0.15) is 0 Å². The van der Waals surface area contributed by atoms with Crippen molar-refractivity contribution in [1.82, 2.24) is 10.2 Å². The van der Waals surface area contributed by atoms with Gasteiger partial charge in [0.05, 0.1) is 0 Å². The maximum absolute atomic E-state index is 3.74. The van der Waals surface area contributed by atoms with Crippen LogP contribution in [0.5, 0.6) is 0 Å². The number of likely N-dealkylation sites (N-methyl/N-ethyl adjacent to an activating group) is 1. The SMILES string of the molecule is CN1CC(Cc2ccsc2)CC(NCc2ccccc2)C1. The van der Waals surface area contributed by atoms with Crippen molar-refractivity contribution in [1.29, 1.82) is 0 Å². The van der Waals surface area contributed by atoms with Crippen LogP contribution in [-0.2, 0) is 13.0 Å². The lowest BCUT2D eigenvalue weighted by Gasteiger charge is -2.36. The molecule has 0 saturated carbocycles. The molecule has 1 aromatic carbocycles. The zero-order valence-electron chi connectivity index (χ0n) is 12.7. The van der Waals surface area contributed by atoms with Crippen LogP contribution in [0.4, 0.5) is 0 Å². The summed E-state index contributed by atoms with van der Waals surface area (Å²) in [5, 5.41) is 8.22. The molecular formula is C18H24N2S. The quantitative estimate of drug-likeness (QED) is 0.910. The number of nitrogens with zero attached hydrogens (tertiary/aromatic N) is 1. The highest BCUT2D eigenvalue weighted by Gasteiger charge is 2.25. The molecule has 1 aromatic heterocycles. The number of benzene rings is 1. The van der Waals surface area contributed by atoms with Crippen molar-refractivity contribution in [2.45, 2.75) is 25.4 Å². The van der Waals surface area contributed by atoms with Gasteiger partial charge in [-0.25, -0.2) is 0 Å². The molecule has 2 atom stereocenters. The largest absolute Gasteiger partial charge is 0.309 e. The fraction of sp³-hybridized carbons (Fsp3) is 0.444. The van der Waals surface area contributed by atoms with Gasteiger partial charge in [-0.3, -0.25) is 0 Å². The zero-order valence-corrected chi connectivity index (χ0v) is 13.5. The van der Waals surface area contributed by atoms with Crippen LogP contribution in [0.3, 0.4) is 0 Å². The van der Waals surface area contributed by atoms with Crippen molar-refractivity contribution in [3.63, 3.8) is 0 Å². The Morgan fingerprint density at radius 1 is 1.14 bits per heavy atom. The smallest absolute Gasteiger partial charge is 0.0208 e. The third-order valence-corrected chi connectivity index (χ3v) is 4.99. The topological polar surface area (TPSA) is 15.3 Å². The highest BCUT2D eigenvalue weighted by Crippen LogP contribution is 2.21. The molecule has 112 valence electrons. The molecular weight excluding hydrogens is 276 g/mol. The second-order valence-corrected chi connectivity index (χ2v) is 7.00. The van der Waals surface area contributed by atoms with Crippen LogP contribution >= 0.6 is 11.3 Å². The molecule has 3 rings (SSSR count). The van der Waals surface area contributed by atoms with Crippen LogP contribution in [0, 0.1) is 5.92 Å². The summed E-state index contributed by atoms with van der Waals surface area (Å²) >= 11 is 1.81. The van der Waals surface area contributed by atoms with E-state index in [1.54, 1.807) is 0 Å². The number of rotatable bonds is 5. The fourth-order valence-corrected chi connectivity index (χ4v) is 4.02. The third-order valence-electron chi connectivity index (χ3n) is 4.26. The Bertz CT molecular complexity index is 523. The molecule has 2 unspecified atom stereocenters. The molecule has 1 aliphatic rings. The summed E-state index contributed by atoms with van der Waals surface area (Å²) < 4.78 is 0. The molecule has 1 N–H and O–H groups in total. The Labute approximate surface area is 131 Å². The van der Waals surface area contributed by atoms with Gasteiger partial charge in [0.15, 0.2) is 0 Å². The molecule has 2 heterocycles. The molecule has 0 radical (unpaired) electrons. The zero-order chi connectivity index (χ0) is 14.5. The van der Waals surface area contributed by atoms with Crippen LogP contribution < -0.4 is 5.32 Å². The van der Waals surface area contributed by atoms with Gasteiger partial charge < -0.3 is 10.2 Å². The van der Waals surface area contributed by atoms with E-state index in [-0.39, 0.29) is 0 Å². The van der Waals surface area contributed by atoms with E-state index in [4.69, 9.17) is 0 Å². The van der Waals surface area contributed by atoms with E-state index in [0.29, 0.717) is 6.04 Å². The average Bonchev–Trinajstić information content (AvgIpc) is 2.99. The second-order valence-electron chi connectivity index (χ2n) is 6.22. The lowest BCUT2D eigenvalue weighted by atomic mass is 9.89. The molecule has 2 nitrogen and oxygen atoms in total. The van der Waals surface area contributed by atoms with Crippen molar-refractivity contribution in [2.75, 3.05) is 20.1 Å². The van der Waals surface area contributed by atoms with Crippen molar-refractivity contribution < 1.29 is 0 Å². The van der Waals surface area contributed by atoms with Gasteiger partial charge in [-0.15, -0.1) is 0 Å². The Morgan fingerprint density at radius 3 is 2.76 bits per heavy atom. The predicted octanol–water partition coefficient (Wildman–Crippen LogP) is 3.40. The molecule has 0 amide bonds. The van der Waals surface area contributed by atoms with Gasteiger partial charge in [0, 0.05) is 25.7 Å². The lowest BCUT2D eigenvalue weighted by molar-refractivity contribution is 0.168. The molecule has 0 spiro atoms. The van der Waals surface area contributed by atoms with Crippen LogP contribution in [0.25, 0.3) is 0 Å². The lowest BCUT2D eigenvalue weighted by Crippen LogP contribution is -2.47. The number of piperidine rings is 1. The number of nitrogens with one attached hydrogen (secondary N) is 1. The molecule has 1 aliphatic heterocycles. The minimum atomic E-state index is 0.604. The molecule has 1 fully saturated rings. The monoisotopic (exact) mass is 300 g/mol. The molecule has 2 aromatic rings. The first-order chi connectivity index (χ1) is 10.3. The highest BCUT2D eigenvalue weighted by atomic mass is 32.1. The van der Waals surface area contributed by atoms with Gasteiger partial charge in [-0.05, 0) is 53.8 Å². The maximum atomic E-state index is 3.74. The molecule has 1 saturated heterocycles. The van der Waals surface area contributed by atoms with Crippen LogP contribution in [-0.4, -0.2) is 31.1 Å². The van der Waals surface area contributed by atoms with Crippen molar-refractivity contribution in [3.8, 4) is 0 Å². The summed E-state index contributed by atoms with van der Waals surface area (Å²) in [7, 11) is 2.25. The van der Waals surface area contributed by atoms with Crippen LogP contribution in [0.1, 0.15) is 17.5 Å². The summed E-state index contributed by atoms with van der Waals surface area (Å²) in [6, 6.07) is 13.6. The maximum Gasteiger partial charge on any atom is 0.0208 e. The first-order valence-electron chi connectivity index (χ1n) is 7.76. The molecule has 21 heavy (non-hydrogen) atoms. The van der Waals surface area contributed by atoms with E-state index >= 15 is 0 Å². The van der Waals surface area contributed by atoms with E-state index < -0.39 is 0 Å². The first kappa shape index (κ1) is 14.8. The number of hydrogen-bond acceptors (Lipinski definition) is 3. The fourth-order valence-electron chi connectivity index (χ4n) is 3.34.